The van der Waals surface area contributed by atoms with Gasteiger partial charge in [0.05, 0.1) is 11.5 Å². The normalized spacial score (nSPS) is 12.5. The van der Waals surface area contributed by atoms with Crippen LogP contribution in [0.5, 0.6) is 5.75 Å². The molecule has 0 aliphatic rings. The first-order chi connectivity index (χ1) is 8.89. The fourth-order valence-corrected chi connectivity index (χ4v) is 2.01. The molecule has 0 heterocycles. The van der Waals surface area contributed by atoms with E-state index in [-0.39, 0.29) is 35.1 Å². The molecule has 0 unspecified atom stereocenters. The molecule has 0 aliphatic carbocycles. The average Bonchev–Trinajstić information content (AvgIpc) is 2.39. The number of sulfone groups is 1. The van der Waals surface area contributed by atoms with Crippen molar-refractivity contribution in [1.29, 1.82) is 0 Å². The van der Waals surface area contributed by atoms with Crippen LogP contribution >= 0.6 is 0 Å². The molecular weight excluding hydrogens is 273 g/mol. The number of benzene rings is 1. The molecule has 0 aromatic heterocycles. The van der Waals surface area contributed by atoms with Crippen molar-refractivity contribution in [3.05, 3.63) is 29.6 Å². The molecule has 5 nitrogen and oxygen atoms in total. The maximum Gasteiger partial charge on any atom is 0.153 e. The van der Waals surface area contributed by atoms with E-state index in [1.807, 2.05) is 0 Å². The minimum atomic E-state index is -3.12. The third-order valence-corrected chi connectivity index (χ3v) is 4.24. The number of oxime groups is 1. The predicted molar refractivity (Wildman–Crippen MR) is 70.2 cm³/mol. The van der Waals surface area contributed by atoms with Crippen molar-refractivity contribution in [3.63, 3.8) is 0 Å². The summed E-state index contributed by atoms with van der Waals surface area (Å²) in [7, 11) is -3.12. The minimum Gasteiger partial charge on any atom is -0.492 e. The number of rotatable bonds is 6. The van der Waals surface area contributed by atoms with E-state index in [4.69, 9.17) is 9.94 Å². The molecule has 1 aromatic rings. The van der Waals surface area contributed by atoms with Gasteiger partial charge in [-0.2, -0.15) is 0 Å². The summed E-state index contributed by atoms with van der Waals surface area (Å²) >= 11 is 0. The first-order valence-electron chi connectivity index (χ1n) is 5.71. The largest absolute Gasteiger partial charge is 0.492 e. The van der Waals surface area contributed by atoms with Crippen molar-refractivity contribution in [2.75, 3.05) is 18.1 Å². The number of nitrogens with zero attached hydrogens (tertiary/aromatic N) is 1. The van der Waals surface area contributed by atoms with E-state index in [0.29, 0.717) is 0 Å². The van der Waals surface area contributed by atoms with Gasteiger partial charge < -0.3 is 9.94 Å². The molecule has 0 spiro atoms. The van der Waals surface area contributed by atoms with Gasteiger partial charge in [-0.1, -0.05) is 12.1 Å². The summed E-state index contributed by atoms with van der Waals surface area (Å²) in [6.45, 7) is 3.01. The van der Waals surface area contributed by atoms with Crippen LogP contribution in [0.2, 0.25) is 0 Å². The van der Waals surface area contributed by atoms with Crippen molar-refractivity contribution >= 4 is 15.5 Å². The SMILES string of the molecule is CCS(=O)(=O)CCOc1ccc(F)cc1C(C)=NO. The highest BCUT2D eigenvalue weighted by atomic mass is 32.2. The average molecular weight is 289 g/mol. The van der Waals surface area contributed by atoms with E-state index in [2.05, 4.69) is 5.16 Å². The van der Waals surface area contributed by atoms with E-state index in [0.717, 1.165) is 0 Å². The number of hydrogen-bond acceptors (Lipinski definition) is 5. The Morgan fingerprint density at radius 1 is 1.47 bits per heavy atom. The van der Waals surface area contributed by atoms with Crippen LogP contribution in [-0.2, 0) is 9.84 Å². The summed E-state index contributed by atoms with van der Waals surface area (Å²) in [6.07, 6.45) is 0. The van der Waals surface area contributed by atoms with E-state index < -0.39 is 15.7 Å². The van der Waals surface area contributed by atoms with Gasteiger partial charge in [-0.15, -0.1) is 0 Å². The lowest BCUT2D eigenvalue weighted by atomic mass is 10.1. The van der Waals surface area contributed by atoms with Crippen LogP contribution in [-0.4, -0.2) is 37.4 Å². The first-order valence-corrected chi connectivity index (χ1v) is 7.53. The van der Waals surface area contributed by atoms with E-state index >= 15 is 0 Å². The maximum atomic E-state index is 13.1. The lowest BCUT2D eigenvalue weighted by Crippen LogP contribution is -2.16. The smallest absolute Gasteiger partial charge is 0.153 e. The van der Waals surface area contributed by atoms with Gasteiger partial charge in [0.15, 0.2) is 9.84 Å². The van der Waals surface area contributed by atoms with Gasteiger partial charge in [-0.25, -0.2) is 12.8 Å². The molecule has 1 N–H and O–H groups in total. The molecule has 1 rings (SSSR count). The Kier molecular flexibility index (Phi) is 5.29. The van der Waals surface area contributed by atoms with E-state index in [1.165, 1.54) is 25.1 Å². The molecular formula is C12H16FNO4S. The van der Waals surface area contributed by atoms with Crippen LogP contribution in [0.1, 0.15) is 19.4 Å². The molecule has 0 aliphatic heterocycles. The molecule has 0 radical (unpaired) electrons. The number of hydrogen-bond donors (Lipinski definition) is 1. The number of halogens is 1. The van der Waals surface area contributed by atoms with Crippen molar-refractivity contribution in [2.45, 2.75) is 13.8 Å². The van der Waals surface area contributed by atoms with Gasteiger partial charge in [0.1, 0.15) is 18.2 Å². The topological polar surface area (TPSA) is 76.0 Å². The quantitative estimate of drug-likeness (QED) is 0.492. The summed E-state index contributed by atoms with van der Waals surface area (Å²) in [5.74, 6) is -0.283. The maximum absolute atomic E-state index is 13.1. The second kappa shape index (κ2) is 6.51. The molecule has 1 aromatic carbocycles. The third kappa shape index (κ3) is 4.51. The molecule has 0 bridgehead atoms. The molecule has 0 fully saturated rings. The van der Waals surface area contributed by atoms with Crippen LogP contribution in [0.4, 0.5) is 4.39 Å². The molecule has 0 saturated heterocycles. The molecule has 106 valence electrons. The summed E-state index contributed by atoms with van der Waals surface area (Å²) in [5, 5.41) is 11.7. The highest BCUT2D eigenvalue weighted by Gasteiger charge is 2.11. The van der Waals surface area contributed by atoms with Gasteiger partial charge in [0.2, 0.25) is 0 Å². The van der Waals surface area contributed by atoms with Gasteiger partial charge in [-0.05, 0) is 25.1 Å². The Balaban J connectivity index is 2.84. The highest BCUT2D eigenvalue weighted by molar-refractivity contribution is 7.91. The van der Waals surface area contributed by atoms with Crippen molar-refractivity contribution in [2.24, 2.45) is 5.16 Å². The summed E-state index contributed by atoms with van der Waals surface area (Å²) in [5.41, 5.74) is 0.476. The second-order valence-electron chi connectivity index (χ2n) is 3.91. The highest BCUT2D eigenvalue weighted by Crippen LogP contribution is 2.20. The third-order valence-electron chi connectivity index (χ3n) is 2.57. The Morgan fingerprint density at radius 3 is 2.74 bits per heavy atom. The molecule has 19 heavy (non-hydrogen) atoms. The van der Waals surface area contributed by atoms with E-state index in [1.54, 1.807) is 6.92 Å². The summed E-state index contributed by atoms with van der Waals surface area (Å²) < 4.78 is 41.1. The van der Waals surface area contributed by atoms with Crippen molar-refractivity contribution in [1.82, 2.24) is 0 Å². The van der Waals surface area contributed by atoms with E-state index in [9.17, 15) is 12.8 Å². The Hall–Kier alpha value is -1.63. The molecule has 7 heteroatoms. The van der Waals surface area contributed by atoms with Crippen LogP contribution in [0.15, 0.2) is 23.4 Å². The monoisotopic (exact) mass is 289 g/mol. The Bertz CT molecular complexity index is 569. The Morgan fingerprint density at radius 2 is 2.16 bits per heavy atom. The van der Waals surface area contributed by atoms with Crippen molar-refractivity contribution in [3.8, 4) is 5.75 Å². The number of ether oxygens (including phenoxy) is 1. The van der Waals surface area contributed by atoms with Gasteiger partial charge in [0, 0.05) is 11.3 Å². The standard InChI is InChI=1S/C12H16FNO4S/c1-3-19(16,17)7-6-18-12-5-4-10(13)8-11(12)9(2)14-15/h4-5,8,15H,3,6-7H2,1-2H3. The fraction of sp³-hybridized carbons (Fsp3) is 0.417. The Labute approximate surface area is 111 Å². The second-order valence-corrected chi connectivity index (χ2v) is 6.38. The predicted octanol–water partition coefficient (Wildman–Crippen LogP) is 1.84. The zero-order valence-corrected chi connectivity index (χ0v) is 11.6. The summed E-state index contributed by atoms with van der Waals surface area (Å²) in [4.78, 5) is 0. The van der Waals surface area contributed by atoms with Gasteiger partial charge in [-0.3, -0.25) is 0 Å². The molecule has 0 amide bonds. The summed E-state index contributed by atoms with van der Waals surface area (Å²) in [6, 6.07) is 3.73. The van der Waals surface area contributed by atoms with Crippen LogP contribution in [0, 0.1) is 5.82 Å². The molecule has 0 saturated carbocycles. The zero-order valence-electron chi connectivity index (χ0n) is 10.8. The minimum absolute atomic E-state index is 0.0342. The van der Waals surface area contributed by atoms with Gasteiger partial charge >= 0.3 is 0 Å². The fourth-order valence-electron chi connectivity index (χ4n) is 1.39. The van der Waals surface area contributed by atoms with Crippen molar-refractivity contribution < 1.29 is 22.8 Å². The zero-order chi connectivity index (χ0) is 14.5. The first kappa shape index (κ1) is 15.4. The van der Waals surface area contributed by atoms with Crippen LogP contribution in [0.3, 0.4) is 0 Å². The molecule has 0 atom stereocenters. The van der Waals surface area contributed by atoms with Gasteiger partial charge in [0.25, 0.3) is 0 Å². The van der Waals surface area contributed by atoms with Crippen LogP contribution in [0.25, 0.3) is 0 Å². The lowest BCUT2D eigenvalue weighted by Gasteiger charge is -2.10. The lowest BCUT2D eigenvalue weighted by molar-refractivity contribution is 0.317. The van der Waals surface area contributed by atoms with Crippen LogP contribution < -0.4 is 4.74 Å².